The fourth-order valence-electron chi connectivity index (χ4n) is 3.86. The van der Waals surface area contributed by atoms with Crippen molar-refractivity contribution in [3.63, 3.8) is 0 Å². The Kier molecular flexibility index (Phi) is 10.6. The fourth-order valence-corrected chi connectivity index (χ4v) is 3.99. The maximum atomic E-state index is 13.5. The van der Waals surface area contributed by atoms with E-state index in [-0.39, 0.29) is 18.2 Å². The summed E-state index contributed by atoms with van der Waals surface area (Å²) in [6.07, 6.45) is 1.21. The molecule has 36 heavy (non-hydrogen) atoms. The van der Waals surface area contributed by atoms with Crippen LogP contribution in [0.4, 0.5) is 0 Å². The second-order valence-electron chi connectivity index (χ2n) is 8.38. The SMILES string of the molecule is CCNC(=O)C(Cc1ccccc1)N(Cc1ccc(Cl)cc1)C(=O)CCCOc1ccc(OC)cc1. The number of carbonyl (C=O) groups excluding carboxylic acids is 2. The molecule has 7 heteroatoms. The highest BCUT2D eigenvalue weighted by atomic mass is 35.5. The van der Waals surface area contributed by atoms with Gasteiger partial charge in [0.2, 0.25) is 11.8 Å². The third-order valence-electron chi connectivity index (χ3n) is 5.75. The molecule has 0 aliphatic heterocycles. The summed E-state index contributed by atoms with van der Waals surface area (Å²) in [5, 5.41) is 3.53. The molecule has 6 nitrogen and oxygen atoms in total. The predicted molar refractivity (Wildman–Crippen MR) is 142 cm³/mol. The van der Waals surface area contributed by atoms with Crippen LogP contribution in [0.2, 0.25) is 5.02 Å². The molecule has 0 aliphatic rings. The maximum absolute atomic E-state index is 13.5. The number of likely N-dealkylation sites (N-methyl/N-ethyl adjacent to an activating group) is 1. The topological polar surface area (TPSA) is 67.9 Å². The normalized spacial score (nSPS) is 11.4. The molecule has 0 fully saturated rings. The quantitative estimate of drug-likeness (QED) is 0.319. The number of hydrogen-bond acceptors (Lipinski definition) is 4. The van der Waals surface area contributed by atoms with Gasteiger partial charge in [0.15, 0.2) is 0 Å². The number of benzene rings is 3. The molecule has 3 aromatic rings. The van der Waals surface area contributed by atoms with E-state index in [1.165, 1.54) is 0 Å². The number of rotatable bonds is 13. The Hall–Kier alpha value is -3.51. The van der Waals surface area contributed by atoms with E-state index in [1.807, 2.05) is 73.7 Å². The second-order valence-corrected chi connectivity index (χ2v) is 8.81. The zero-order valence-electron chi connectivity index (χ0n) is 20.8. The standard InChI is InChI=1S/C29H33ClN2O4/c1-3-31-29(34)27(20-22-8-5-4-6-9-22)32(21-23-11-13-24(30)14-12-23)28(33)10-7-19-36-26-17-15-25(35-2)16-18-26/h4-6,8-9,11-18,27H,3,7,10,19-21H2,1-2H3,(H,31,34). The highest BCUT2D eigenvalue weighted by Crippen LogP contribution is 2.19. The number of amides is 2. The monoisotopic (exact) mass is 508 g/mol. The molecular formula is C29H33ClN2O4. The zero-order valence-corrected chi connectivity index (χ0v) is 21.5. The third-order valence-corrected chi connectivity index (χ3v) is 6.00. The Morgan fingerprint density at radius 2 is 1.58 bits per heavy atom. The first-order valence-electron chi connectivity index (χ1n) is 12.1. The van der Waals surface area contributed by atoms with E-state index in [0.29, 0.717) is 43.3 Å². The van der Waals surface area contributed by atoms with Gasteiger partial charge >= 0.3 is 0 Å². The molecule has 190 valence electrons. The molecule has 3 rings (SSSR count). The lowest BCUT2D eigenvalue weighted by atomic mass is 10.0. The van der Waals surface area contributed by atoms with E-state index in [1.54, 1.807) is 24.1 Å². The van der Waals surface area contributed by atoms with Crippen LogP contribution in [-0.4, -0.2) is 43.0 Å². The number of nitrogens with one attached hydrogen (secondary N) is 1. The van der Waals surface area contributed by atoms with Crippen molar-refractivity contribution in [2.45, 2.75) is 38.8 Å². The zero-order chi connectivity index (χ0) is 25.8. The Morgan fingerprint density at radius 1 is 0.917 bits per heavy atom. The highest BCUT2D eigenvalue weighted by Gasteiger charge is 2.29. The van der Waals surface area contributed by atoms with Gasteiger partial charge in [0, 0.05) is 31.0 Å². The molecule has 0 aromatic heterocycles. The first-order valence-corrected chi connectivity index (χ1v) is 12.5. The van der Waals surface area contributed by atoms with Crippen molar-refractivity contribution in [2.24, 2.45) is 0 Å². The lowest BCUT2D eigenvalue weighted by Crippen LogP contribution is -2.50. The summed E-state index contributed by atoms with van der Waals surface area (Å²) in [7, 11) is 1.61. The Morgan fingerprint density at radius 3 is 2.22 bits per heavy atom. The summed E-state index contributed by atoms with van der Waals surface area (Å²) in [5.74, 6) is 1.20. The molecule has 3 aromatic carbocycles. The van der Waals surface area contributed by atoms with Crippen LogP contribution in [0.5, 0.6) is 11.5 Å². The van der Waals surface area contributed by atoms with E-state index in [4.69, 9.17) is 21.1 Å². The molecule has 0 spiro atoms. The van der Waals surface area contributed by atoms with Crippen molar-refractivity contribution in [3.05, 3.63) is 95.0 Å². The number of ether oxygens (including phenoxy) is 2. The average Bonchev–Trinajstić information content (AvgIpc) is 2.90. The van der Waals surface area contributed by atoms with Gasteiger partial charge in [-0.1, -0.05) is 54.1 Å². The van der Waals surface area contributed by atoms with Crippen molar-refractivity contribution in [2.75, 3.05) is 20.3 Å². The van der Waals surface area contributed by atoms with Crippen LogP contribution in [0.3, 0.4) is 0 Å². The van der Waals surface area contributed by atoms with Gasteiger partial charge in [-0.15, -0.1) is 0 Å². The first-order chi connectivity index (χ1) is 17.5. The lowest BCUT2D eigenvalue weighted by Gasteiger charge is -2.31. The van der Waals surface area contributed by atoms with Gasteiger partial charge in [-0.2, -0.15) is 0 Å². The van der Waals surface area contributed by atoms with Gasteiger partial charge < -0.3 is 19.7 Å². The molecule has 0 bridgehead atoms. The van der Waals surface area contributed by atoms with Crippen molar-refractivity contribution < 1.29 is 19.1 Å². The van der Waals surface area contributed by atoms with E-state index >= 15 is 0 Å². The summed E-state index contributed by atoms with van der Waals surface area (Å²) in [6, 6.07) is 23.8. The molecule has 0 radical (unpaired) electrons. The molecule has 2 amide bonds. The van der Waals surface area contributed by atoms with Crippen LogP contribution < -0.4 is 14.8 Å². The number of nitrogens with zero attached hydrogens (tertiary/aromatic N) is 1. The van der Waals surface area contributed by atoms with Crippen molar-refractivity contribution in [1.82, 2.24) is 10.2 Å². The van der Waals surface area contributed by atoms with Crippen molar-refractivity contribution >= 4 is 23.4 Å². The Balaban J connectivity index is 1.73. The molecule has 1 unspecified atom stereocenters. The van der Waals surface area contributed by atoms with Gasteiger partial charge in [0.1, 0.15) is 17.5 Å². The number of methoxy groups -OCH3 is 1. The van der Waals surface area contributed by atoms with Crippen LogP contribution in [0.25, 0.3) is 0 Å². The Labute approximate surface area is 218 Å². The minimum atomic E-state index is -0.641. The summed E-state index contributed by atoms with van der Waals surface area (Å²) in [4.78, 5) is 28.3. The summed E-state index contributed by atoms with van der Waals surface area (Å²) >= 11 is 6.06. The third kappa shape index (κ3) is 8.31. The predicted octanol–water partition coefficient (Wildman–Crippen LogP) is 5.28. The van der Waals surface area contributed by atoms with Gasteiger partial charge in [-0.05, 0) is 60.9 Å². The molecule has 0 saturated carbocycles. The highest BCUT2D eigenvalue weighted by molar-refractivity contribution is 6.30. The number of halogens is 1. The van der Waals surface area contributed by atoms with Gasteiger partial charge in [-0.25, -0.2) is 0 Å². The van der Waals surface area contributed by atoms with Crippen LogP contribution in [-0.2, 0) is 22.6 Å². The van der Waals surface area contributed by atoms with Gasteiger partial charge in [0.25, 0.3) is 0 Å². The minimum Gasteiger partial charge on any atom is -0.497 e. The van der Waals surface area contributed by atoms with Crippen molar-refractivity contribution in [3.8, 4) is 11.5 Å². The first kappa shape index (κ1) is 27.1. The second kappa shape index (κ2) is 14.1. The Bertz CT molecular complexity index is 1090. The largest absolute Gasteiger partial charge is 0.497 e. The number of hydrogen-bond donors (Lipinski definition) is 1. The molecule has 0 heterocycles. The molecule has 0 aliphatic carbocycles. The van der Waals surface area contributed by atoms with E-state index in [2.05, 4.69) is 5.32 Å². The molecular weight excluding hydrogens is 476 g/mol. The van der Waals surface area contributed by atoms with Crippen LogP contribution in [0, 0.1) is 0 Å². The lowest BCUT2D eigenvalue weighted by molar-refractivity contribution is -0.141. The molecule has 0 saturated heterocycles. The summed E-state index contributed by atoms with van der Waals surface area (Å²) < 4.78 is 11.0. The number of carbonyl (C=O) groups is 2. The summed E-state index contributed by atoms with van der Waals surface area (Å²) in [6.45, 7) is 3.06. The molecule has 1 atom stereocenters. The van der Waals surface area contributed by atoms with Crippen LogP contribution in [0.15, 0.2) is 78.9 Å². The minimum absolute atomic E-state index is 0.101. The summed E-state index contributed by atoms with van der Waals surface area (Å²) in [5.41, 5.74) is 1.90. The van der Waals surface area contributed by atoms with E-state index in [9.17, 15) is 9.59 Å². The average molecular weight is 509 g/mol. The van der Waals surface area contributed by atoms with E-state index in [0.717, 1.165) is 16.9 Å². The van der Waals surface area contributed by atoms with Crippen LogP contribution in [0.1, 0.15) is 30.9 Å². The van der Waals surface area contributed by atoms with Crippen molar-refractivity contribution in [1.29, 1.82) is 0 Å². The molecule has 1 N–H and O–H groups in total. The van der Waals surface area contributed by atoms with Gasteiger partial charge in [-0.3, -0.25) is 9.59 Å². The fraction of sp³-hybridized carbons (Fsp3) is 0.310. The van der Waals surface area contributed by atoms with E-state index < -0.39 is 6.04 Å². The van der Waals surface area contributed by atoms with Crippen LogP contribution >= 0.6 is 11.6 Å². The smallest absolute Gasteiger partial charge is 0.243 e. The maximum Gasteiger partial charge on any atom is 0.243 e. The van der Waals surface area contributed by atoms with Gasteiger partial charge in [0.05, 0.1) is 13.7 Å².